The van der Waals surface area contributed by atoms with Gasteiger partial charge in [0.1, 0.15) is 5.69 Å². The maximum absolute atomic E-state index is 12.9. The highest BCUT2D eigenvalue weighted by Gasteiger charge is 2.30. The molecule has 0 atom stereocenters. The van der Waals surface area contributed by atoms with E-state index in [1.54, 1.807) is 17.9 Å². The zero-order valence-corrected chi connectivity index (χ0v) is 15.0. The fourth-order valence-electron chi connectivity index (χ4n) is 2.81. The first-order valence-corrected chi connectivity index (χ1v) is 8.50. The summed E-state index contributed by atoms with van der Waals surface area (Å²) in [4.78, 5) is 24.9. The highest BCUT2D eigenvalue weighted by atomic mass is 19.4. The second-order valence-corrected chi connectivity index (χ2v) is 6.52. The van der Waals surface area contributed by atoms with Crippen molar-refractivity contribution in [3.63, 3.8) is 0 Å². The average molecular weight is 379 g/mol. The van der Waals surface area contributed by atoms with Gasteiger partial charge in [0, 0.05) is 37.6 Å². The van der Waals surface area contributed by atoms with Crippen LogP contribution < -0.4 is 5.32 Å². The van der Waals surface area contributed by atoms with Crippen molar-refractivity contribution in [3.8, 4) is 0 Å². The molecule has 2 heterocycles. The number of hydrogen-bond acceptors (Lipinski definition) is 5. The molecule has 1 aromatic carbocycles. The number of halogens is 3. The zero-order chi connectivity index (χ0) is 19.6. The first-order chi connectivity index (χ1) is 12.7. The monoisotopic (exact) mass is 379 g/mol. The van der Waals surface area contributed by atoms with Gasteiger partial charge in [-0.2, -0.15) is 13.2 Å². The van der Waals surface area contributed by atoms with Gasteiger partial charge in [-0.3, -0.25) is 4.79 Å². The molecule has 0 radical (unpaired) electrons. The number of anilines is 2. The Kier molecular flexibility index (Phi) is 5.31. The first kappa shape index (κ1) is 19.1. The Morgan fingerprint density at radius 2 is 1.81 bits per heavy atom. The van der Waals surface area contributed by atoms with Gasteiger partial charge >= 0.3 is 6.18 Å². The van der Waals surface area contributed by atoms with Crippen LogP contribution in [-0.4, -0.2) is 58.9 Å². The van der Waals surface area contributed by atoms with Crippen LogP contribution in [-0.2, 0) is 6.18 Å². The lowest BCUT2D eigenvalue weighted by molar-refractivity contribution is -0.137. The number of nitrogens with one attached hydrogen (secondary N) is 1. The van der Waals surface area contributed by atoms with E-state index in [9.17, 15) is 18.0 Å². The number of piperazine rings is 1. The third-order valence-corrected chi connectivity index (χ3v) is 4.31. The van der Waals surface area contributed by atoms with E-state index in [4.69, 9.17) is 0 Å². The summed E-state index contributed by atoms with van der Waals surface area (Å²) in [5.41, 5.74) is 0.209. The summed E-state index contributed by atoms with van der Waals surface area (Å²) in [5, 5.41) is 2.76. The number of hydrogen-bond donors (Lipinski definition) is 1. The Hall–Kier alpha value is -2.68. The van der Waals surface area contributed by atoms with Gasteiger partial charge in [0.15, 0.2) is 0 Å². The molecule has 1 fully saturated rings. The van der Waals surface area contributed by atoms with Crippen molar-refractivity contribution in [2.24, 2.45) is 0 Å². The Labute approximate surface area is 155 Å². The predicted molar refractivity (Wildman–Crippen MR) is 94.9 cm³/mol. The minimum atomic E-state index is -4.44. The summed E-state index contributed by atoms with van der Waals surface area (Å²) in [5.74, 6) is -0.118. The zero-order valence-electron chi connectivity index (χ0n) is 15.0. The third kappa shape index (κ3) is 4.73. The molecule has 2 aromatic rings. The average Bonchev–Trinajstić information content (AvgIpc) is 2.61. The highest BCUT2D eigenvalue weighted by Crippen LogP contribution is 2.31. The molecular weight excluding hydrogens is 359 g/mol. The number of benzene rings is 1. The van der Waals surface area contributed by atoms with Gasteiger partial charge in [-0.15, -0.1) is 0 Å². The smallest absolute Gasteiger partial charge is 0.335 e. The molecule has 1 aliphatic heterocycles. The second kappa shape index (κ2) is 7.51. The SMILES string of the molecule is Cc1cc(C(=O)N2CCN(C)CC2)nc(Nc2cccc(C(F)(F)F)c2)n1. The maximum atomic E-state index is 12.9. The molecule has 1 amide bonds. The van der Waals surface area contributed by atoms with Gasteiger partial charge in [0.05, 0.1) is 5.56 Å². The standard InChI is InChI=1S/C18H20F3N5O/c1-12-10-15(16(27)26-8-6-25(2)7-9-26)24-17(22-12)23-14-5-3-4-13(11-14)18(19,20)21/h3-5,10-11H,6-9H2,1-2H3,(H,22,23,24). The van der Waals surface area contributed by atoms with Crippen molar-refractivity contribution in [1.29, 1.82) is 0 Å². The lowest BCUT2D eigenvalue weighted by Gasteiger charge is -2.32. The number of aryl methyl sites for hydroxylation is 1. The number of likely N-dealkylation sites (N-methyl/N-ethyl adjacent to an activating group) is 1. The fourth-order valence-corrected chi connectivity index (χ4v) is 2.81. The molecule has 1 aromatic heterocycles. The van der Waals surface area contributed by atoms with Crippen LogP contribution in [0.5, 0.6) is 0 Å². The van der Waals surface area contributed by atoms with Crippen LogP contribution in [0, 0.1) is 6.92 Å². The molecule has 0 spiro atoms. The van der Waals surface area contributed by atoms with E-state index in [0.717, 1.165) is 25.2 Å². The second-order valence-electron chi connectivity index (χ2n) is 6.52. The molecule has 1 saturated heterocycles. The van der Waals surface area contributed by atoms with Crippen molar-refractivity contribution in [3.05, 3.63) is 47.3 Å². The van der Waals surface area contributed by atoms with E-state index in [2.05, 4.69) is 20.2 Å². The number of amides is 1. The summed E-state index contributed by atoms with van der Waals surface area (Å²) < 4.78 is 38.6. The number of carbonyl (C=O) groups excluding carboxylic acids is 1. The van der Waals surface area contributed by atoms with Crippen molar-refractivity contribution in [1.82, 2.24) is 19.8 Å². The number of carbonyl (C=O) groups is 1. The van der Waals surface area contributed by atoms with Gasteiger partial charge in [-0.1, -0.05) is 6.07 Å². The normalized spacial score (nSPS) is 15.7. The van der Waals surface area contributed by atoms with Crippen LogP contribution in [0.2, 0.25) is 0 Å². The molecule has 144 valence electrons. The lowest BCUT2D eigenvalue weighted by Crippen LogP contribution is -2.47. The molecular formula is C18H20F3N5O. The molecule has 1 aliphatic rings. The van der Waals surface area contributed by atoms with Gasteiger partial charge in [0.25, 0.3) is 5.91 Å². The topological polar surface area (TPSA) is 61.4 Å². The predicted octanol–water partition coefficient (Wildman–Crippen LogP) is 2.94. The number of aromatic nitrogens is 2. The molecule has 0 unspecified atom stereocenters. The number of alkyl halides is 3. The van der Waals surface area contributed by atoms with E-state index in [1.165, 1.54) is 12.1 Å². The molecule has 6 nitrogen and oxygen atoms in total. The van der Waals surface area contributed by atoms with Gasteiger partial charge in [0.2, 0.25) is 5.95 Å². The van der Waals surface area contributed by atoms with Crippen LogP contribution >= 0.6 is 0 Å². The fraction of sp³-hybridized carbons (Fsp3) is 0.389. The van der Waals surface area contributed by atoms with Crippen LogP contribution in [0.1, 0.15) is 21.7 Å². The van der Waals surface area contributed by atoms with Crippen LogP contribution in [0.3, 0.4) is 0 Å². The molecule has 1 N–H and O–H groups in total. The summed E-state index contributed by atoms with van der Waals surface area (Å²) in [6.07, 6.45) is -4.44. The molecule has 0 aliphatic carbocycles. The van der Waals surface area contributed by atoms with Crippen molar-refractivity contribution in [2.75, 3.05) is 38.5 Å². The van der Waals surface area contributed by atoms with Gasteiger partial charge < -0.3 is 15.1 Å². The molecule has 9 heteroatoms. The Bertz CT molecular complexity index is 832. The molecule has 27 heavy (non-hydrogen) atoms. The molecule has 0 saturated carbocycles. The largest absolute Gasteiger partial charge is 0.416 e. The summed E-state index contributed by atoms with van der Waals surface area (Å²) >= 11 is 0. The van der Waals surface area contributed by atoms with Crippen LogP contribution in [0.15, 0.2) is 30.3 Å². The van der Waals surface area contributed by atoms with Crippen LogP contribution in [0.25, 0.3) is 0 Å². The lowest BCUT2D eigenvalue weighted by atomic mass is 10.2. The van der Waals surface area contributed by atoms with E-state index in [-0.39, 0.29) is 23.2 Å². The maximum Gasteiger partial charge on any atom is 0.416 e. The minimum Gasteiger partial charge on any atom is -0.335 e. The van der Waals surface area contributed by atoms with Crippen molar-refractivity contribution >= 4 is 17.5 Å². The van der Waals surface area contributed by atoms with E-state index >= 15 is 0 Å². The van der Waals surface area contributed by atoms with E-state index in [1.807, 2.05) is 7.05 Å². The molecule has 0 bridgehead atoms. The van der Waals surface area contributed by atoms with E-state index < -0.39 is 11.7 Å². The van der Waals surface area contributed by atoms with E-state index in [0.29, 0.717) is 18.8 Å². The Morgan fingerprint density at radius 3 is 2.48 bits per heavy atom. The van der Waals surface area contributed by atoms with Crippen molar-refractivity contribution in [2.45, 2.75) is 13.1 Å². The first-order valence-electron chi connectivity index (χ1n) is 8.50. The highest BCUT2D eigenvalue weighted by molar-refractivity contribution is 5.92. The molecule has 3 rings (SSSR count). The summed E-state index contributed by atoms with van der Waals surface area (Å²) in [6.45, 7) is 4.49. The summed E-state index contributed by atoms with van der Waals surface area (Å²) in [6, 6.07) is 6.34. The van der Waals surface area contributed by atoms with Gasteiger partial charge in [-0.05, 0) is 38.2 Å². The van der Waals surface area contributed by atoms with Crippen LogP contribution in [0.4, 0.5) is 24.8 Å². The third-order valence-electron chi connectivity index (χ3n) is 4.31. The Morgan fingerprint density at radius 1 is 1.11 bits per heavy atom. The number of nitrogens with zero attached hydrogens (tertiary/aromatic N) is 4. The quantitative estimate of drug-likeness (QED) is 0.889. The summed E-state index contributed by atoms with van der Waals surface area (Å²) in [7, 11) is 1.99. The Balaban J connectivity index is 1.81. The van der Waals surface area contributed by atoms with Gasteiger partial charge in [-0.25, -0.2) is 9.97 Å². The number of rotatable bonds is 3. The minimum absolute atomic E-state index is 0.0896. The van der Waals surface area contributed by atoms with Crippen molar-refractivity contribution < 1.29 is 18.0 Å².